The fourth-order valence-electron chi connectivity index (χ4n) is 4.00. The molecule has 2 amide bonds. The average Bonchev–Trinajstić information content (AvgIpc) is 3.57. The van der Waals surface area contributed by atoms with Gasteiger partial charge in [0.05, 0.1) is 5.39 Å². The van der Waals surface area contributed by atoms with E-state index in [0.717, 1.165) is 45.0 Å². The number of carbonyl (C=O) groups is 2. The van der Waals surface area contributed by atoms with Crippen LogP contribution in [0.25, 0.3) is 32.0 Å². The van der Waals surface area contributed by atoms with Crippen molar-refractivity contribution in [2.75, 3.05) is 23.3 Å². The second-order valence-electron chi connectivity index (χ2n) is 7.83. The lowest BCUT2D eigenvalue weighted by Gasteiger charge is -2.21. The van der Waals surface area contributed by atoms with E-state index in [9.17, 15) is 9.59 Å². The Labute approximate surface area is 217 Å². The van der Waals surface area contributed by atoms with E-state index in [1.165, 1.54) is 11.3 Å². The highest BCUT2D eigenvalue weighted by Crippen LogP contribution is 2.40. The van der Waals surface area contributed by atoms with Crippen LogP contribution < -0.4 is 15.5 Å². The molecule has 4 aromatic rings. The fourth-order valence-corrected chi connectivity index (χ4v) is 5.76. The topological polar surface area (TPSA) is 87.2 Å². The molecule has 0 saturated heterocycles. The van der Waals surface area contributed by atoms with E-state index in [4.69, 9.17) is 9.97 Å². The second kappa shape index (κ2) is 10.2. The third-order valence-electron chi connectivity index (χ3n) is 5.89. The van der Waals surface area contributed by atoms with Gasteiger partial charge in [-0.25, -0.2) is 9.97 Å². The minimum Gasteiger partial charge on any atom is -0.372 e. The number of aromatic nitrogens is 2. The molecule has 0 aliphatic carbocycles. The van der Waals surface area contributed by atoms with Crippen LogP contribution in [-0.4, -0.2) is 34.9 Å². The molecule has 0 unspecified atom stereocenters. The van der Waals surface area contributed by atoms with E-state index < -0.39 is 11.8 Å². The zero-order chi connectivity index (χ0) is 23.8. The largest absolute Gasteiger partial charge is 0.372 e. The number of fused-ring (bicyclic) bond motifs is 1. The van der Waals surface area contributed by atoms with Crippen molar-refractivity contribution in [3.05, 3.63) is 58.4 Å². The van der Waals surface area contributed by atoms with Gasteiger partial charge < -0.3 is 10.2 Å². The molecule has 2 N–H and O–H groups in total. The highest BCUT2D eigenvalue weighted by molar-refractivity contribution is 7.18. The minimum atomic E-state index is -0.452. The maximum absolute atomic E-state index is 12.4. The molecule has 10 heteroatoms. The minimum absolute atomic E-state index is 0. The molecule has 180 valence electrons. The van der Waals surface area contributed by atoms with Gasteiger partial charge in [-0.15, -0.1) is 35.1 Å². The molecule has 0 atom stereocenters. The monoisotopic (exact) mass is 525 g/mol. The molecular weight excluding hydrogens is 502 g/mol. The second-order valence-corrected chi connectivity index (χ2v) is 9.64. The summed E-state index contributed by atoms with van der Waals surface area (Å²) in [4.78, 5) is 38.3. The molecule has 0 spiro atoms. The number of halogens is 1. The van der Waals surface area contributed by atoms with Gasteiger partial charge >= 0.3 is 0 Å². The van der Waals surface area contributed by atoms with Crippen molar-refractivity contribution in [2.24, 2.45) is 0 Å². The van der Waals surface area contributed by atoms with E-state index >= 15 is 0 Å². The van der Waals surface area contributed by atoms with Crippen LogP contribution in [0, 0.1) is 0 Å². The van der Waals surface area contributed by atoms with E-state index in [0.29, 0.717) is 17.2 Å². The molecular formula is C25H24ClN5O2S2. The summed E-state index contributed by atoms with van der Waals surface area (Å²) in [6.07, 6.45) is 0. The van der Waals surface area contributed by atoms with Crippen molar-refractivity contribution in [2.45, 2.75) is 20.8 Å². The Kier molecular flexibility index (Phi) is 7.20. The molecule has 3 aromatic heterocycles. The Hall–Kier alpha value is -3.27. The summed E-state index contributed by atoms with van der Waals surface area (Å²) < 4.78 is 0. The van der Waals surface area contributed by atoms with Crippen molar-refractivity contribution < 1.29 is 9.59 Å². The number of amides is 2. The molecule has 0 bridgehead atoms. The lowest BCUT2D eigenvalue weighted by atomic mass is 10.1. The average molecular weight is 526 g/mol. The smallest absolute Gasteiger partial charge is 0.275 e. The van der Waals surface area contributed by atoms with Crippen LogP contribution in [0.1, 0.15) is 20.8 Å². The van der Waals surface area contributed by atoms with Crippen LogP contribution in [-0.2, 0) is 9.59 Å². The third kappa shape index (κ3) is 4.54. The number of carbonyl (C=O) groups excluding carboxylic acids is 2. The lowest BCUT2D eigenvalue weighted by molar-refractivity contribution is -0.124. The molecule has 1 aliphatic heterocycles. The number of nitrogens with one attached hydrogen (secondary N) is 2. The van der Waals surface area contributed by atoms with Crippen molar-refractivity contribution in [1.29, 1.82) is 0 Å². The third-order valence-corrected chi connectivity index (χ3v) is 7.66. The number of hydrogen-bond donors (Lipinski definition) is 2. The lowest BCUT2D eigenvalue weighted by Crippen LogP contribution is -2.24. The van der Waals surface area contributed by atoms with Crippen LogP contribution in [0.5, 0.6) is 0 Å². The van der Waals surface area contributed by atoms with Gasteiger partial charge in [-0.1, -0.05) is 6.07 Å². The first-order valence-corrected chi connectivity index (χ1v) is 12.8. The number of hydrogen-bond acceptors (Lipinski definition) is 8. The molecule has 0 saturated carbocycles. The summed E-state index contributed by atoms with van der Waals surface area (Å²) in [6, 6.07) is 12.2. The van der Waals surface area contributed by atoms with E-state index in [1.54, 1.807) is 18.3 Å². The number of nitrogens with zero attached hydrogens (tertiary/aromatic N) is 3. The van der Waals surface area contributed by atoms with Gasteiger partial charge in [0.2, 0.25) is 0 Å². The molecule has 1 aromatic carbocycles. The summed E-state index contributed by atoms with van der Waals surface area (Å²) in [6.45, 7) is 7.76. The first kappa shape index (κ1) is 24.8. The number of rotatable bonds is 7. The van der Waals surface area contributed by atoms with Crippen molar-refractivity contribution in [3.63, 3.8) is 0 Å². The van der Waals surface area contributed by atoms with E-state index in [1.807, 2.05) is 29.6 Å². The quantitative estimate of drug-likeness (QED) is 0.301. The first-order valence-electron chi connectivity index (χ1n) is 11.0. The molecule has 35 heavy (non-hydrogen) atoms. The first-order chi connectivity index (χ1) is 16.5. The van der Waals surface area contributed by atoms with Crippen LogP contribution in [0.3, 0.4) is 0 Å². The Morgan fingerprint density at radius 2 is 1.74 bits per heavy atom. The van der Waals surface area contributed by atoms with Gasteiger partial charge in [-0.05, 0) is 56.5 Å². The summed E-state index contributed by atoms with van der Waals surface area (Å²) in [5.74, 6) is 0.224. The van der Waals surface area contributed by atoms with Crippen LogP contribution in [0.15, 0.2) is 58.4 Å². The summed E-state index contributed by atoms with van der Waals surface area (Å²) in [7, 11) is 0. The highest BCUT2D eigenvalue weighted by Gasteiger charge is 2.29. The van der Waals surface area contributed by atoms with Gasteiger partial charge in [0, 0.05) is 45.7 Å². The number of thiophene rings is 2. The molecule has 0 radical (unpaired) electrons. The van der Waals surface area contributed by atoms with E-state index in [-0.39, 0.29) is 18.1 Å². The summed E-state index contributed by atoms with van der Waals surface area (Å²) in [5, 5.41) is 10.4. The number of benzene rings is 1. The summed E-state index contributed by atoms with van der Waals surface area (Å²) in [5.41, 5.74) is 3.59. The highest BCUT2D eigenvalue weighted by atomic mass is 35.5. The SMILES string of the molecule is CCN(CC)c1ccc(-c2nc(NC3=C(C)C(=O)NC3=O)c3c(-c4cccs4)csc3n2)cc1.Cl. The van der Waals surface area contributed by atoms with Crippen molar-refractivity contribution in [1.82, 2.24) is 15.3 Å². The molecule has 1 aliphatic rings. The molecule has 0 fully saturated rings. The van der Waals surface area contributed by atoms with Gasteiger partial charge in [-0.3, -0.25) is 14.9 Å². The van der Waals surface area contributed by atoms with Gasteiger partial charge in [0.15, 0.2) is 5.82 Å². The maximum Gasteiger partial charge on any atom is 0.275 e. The molecule has 5 rings (SSSR count). The predicted octanol–water partition coefficient (Wildman–Crippen LogP) is 5.70. The Bertz CT molecular complexity index is 1420. The normalized spacial score (nSPS) is 13.2. The van der Waals surface area contributed by atoms with Crippen molar-refractivity contribution >= 4 is 68.6 Å². The standard InChI is InChI=1S/C25H23N5O2S2.ClH/c1-4-30(5-2)16-10-8-15(9-11-16)21-27-22(26-20-14(3)23(31)29-24(20)32)19-17(13-34-25(19)28-21)18-7-6-12-33-18;/h6-13H,4-5H2,1-3H3,(H2,26,27,28,29,31,32);1H. The zero-order valence-electron chi connectivity index (χ0n) is 19.4. The number of imide groups is 1. The fraction of sp³-hybridized carbons (Fsp3) is 0.200. The van der Waals surface area contributed by atoms with Gasteiger partial charge in [0.1, 0.15) is 16.3 Å². The molecule has 4 heterocycles. The zero-order valence-corrected chi connectivity index (χ0v) is 21.9. The maximum atomic E-state index is 12.4. The van der Waals surface area contributed by atoms with Crippen LogP contribution in [0.4, 0.5) is 11.5 Å². The predicted molar refractivity (Wildman–Crippen MR) is 146 cm³/mol. The van der Waals surface area contributed by atoms with Gasteiger partial charge in [0.25, 0.3) is 11.8 Å². The summed E-state index contributed by atoms with van der Waals surface area (Å²) >= 11 is 3.17. The van der Waals surface area contributed by atoms with Crippen LogP contribution >= 0.6 is 35.1 Å². The Morgan fingerprint density at radius 3 is 2.34 bits per heavy atom. The van der Waals surface area contributed by atoms with Crippen molar-refractivity contribution in [3.8, 4) is 21.8 Å². The van der Waals surface area contributed by atoms with E-state index in [2.05, 4.69) is 46.9 Å². The molecule has 7 nitrogen and oxygen atoms in total. The van der Waals surface area contributed by atoms with Crippen LogP contribution in [0.2, 0.25) is 0 Å². The number of anilines is 2. The Balaban J connectivity index is 0.00000289. The Morgan fingerprint density at radius 1 is 1.00 bits per heavy atom. The van der Waals surface area contributed by atoms with Gasteiger partial charge in [-0.2, -0.15) is 0 Å².